The Bertz CT molecular complexity index is 888. The van der Waals surface area contributed by atoms with Gasteiger partial charge in [-0.05, 0) is 25.5 Å². The van der Waals surface area contributed by atoms with Crippen LogP contribution in [0.15, 0.2) is 47.7 Å². The minimum atomic E-state index is -0.647. The summed E-state index contributed by atoms with van der Waals surface area (Å²) in [4.78, 5) is 37.0. The van der Waals surface area contributed by atoms with Crippen molar-refractivity contribution >= 4 is 29.2 Å². The lowest BCUT2D eigenvalue weighted by atomic mass is 10.2. The third-order valence-corrected chi connectivity index (χ3v) is 4.14. The standard InChI is InChI=1S/C19H23N7O3/c1-13-19(28)26(14-7-4-3-5-8-14)25-17(24-13)18(27)21-10-6-9-20-15-11-16(29-2)23-12-22-15/h3-5,7-8,11-13H,6,9-10H2,1-2H3,(H,21,27)(H,24,25)(H,20,22,23). The second-order valence-corrected chi connectivity index (χ2v) is 6.26. The number of hydrazine groups is 1. The van der Waals surface area contributed by atoms with Crippen LogP contribution in [0.4, 0.5) is 11.5 Å². The van der Waals surface area contributed by atoms with Gasteiger partial charge in [-0.15, -0.1) is 0 Å². The summed E-state index contributed by atoms with van der Waals surface area (Å²) < 4.78 is 5.04. The molecule has 2 aromatic rings. The van der Waals surface area contributed by atoms with E-state index in [4.69, 9.17) is 4.74 Å². The van der Waals surface area contributed by atoms with E-state index >= 15 is 0 Å². The van der Waals surface area contributed by atoms with Crippen molar-refractivity contribution in [1.82, 2.24) is 20.7 Å². The summed E-state index contributed by atoms with van der Waals surface area (Å²) in [7, 11) is 1.54. The molecule has 1 aliphatic rings. The topological polar surface area (TPSA) is 121 Å². The number of amidine groups is 1. The molecule has 0 bridgehead atoms. The van der Waals surface area contributed by atoms with Gasteiger partial charge >= 0.3 is 0 Å². The molecular formula is C19H23N7O3. The number of hydrogen-bond acceptors (Lipinski definition) is 8. The molecule has 0 radical (unpaired) electrons. The Kier molecular flexibility index (Phi) is 6.56. The number of amides is 2. The zero-order valence-corrected chi connectivity index (χ0v) is 16.3. The van der Waals surface area contributed by atoms with Gasteiger partial charge in [0, 0.05) is 19.2 Å². The van der Waals surface area contributed by atoms with E-state index in [1.165, 1.54) is 18.4 Å². The fourth-order valence-corrected chi connectivity index (χ4v) is 2.64. The lowest BCUT2D eigenvalue weighted by Crippen LogP contribution is -2.58. The van der Waals surface area contributed by atoms with E-state index in [1.807, 2.05) is 18.2 Å². The van der Waals surface area contributed by atoms with Gasteiger partial charge in [0.15, 0.2) is 0 Å². The first-order valence-corrected chi connectivity index (χ1v) is 9.20. The summed E-state index contributed by atoms with van der Waals surface area (Å²) in [6.45, 7) is 2.69. The van der Waals surface area contributed by atoms with Crippen LogP contribution in [0, 0.1) is 0 Å². The molecule has 152 valence electrons. The van der Waals surface area contributed by atoms with Gasteiger partial charge in [0.25, 0.3) is 11.8 Å². The second-order valence-electron chi connectivity index (χ2n) is 6.26. The Morgan fingerprint density at radius 3 is 2.79 bits per heavy atom. The zero-order valence-electron chi connectivity index (χ0n) is 16.3. The van der Waals surface area contributed by atoms with Crippen molar-refractivity contribution in [3.8, 4) is 5.88 Å². The average Bonchev–Trinajstić information content (AvgIpc) is 2.76. The highest BCUT2D eigenvalue weighted by Gasteiger charge is 2.30. The number of aromatic nitrogens is 2. The number of nitrogens with one attached hydrogen (secondary N) is 3. The van der Waals surface area contributed by atoms with Crippen LogP contribution in [0.2, 0.25) is 0 Å². The summed E-state index contributed by atoms with van der Waals surface area (Å²) in [6, 6.07) is 10.1. The molecule has 0 saturated heterocycles. The Morgan fingerprint density at radius 2 is 2.03 bits per heavy atom. The molecule has 1 unspecified atom stereocenters. The molecule has 0 saturated carbocycles. The highest BCUT2D eigenvalue weighted by molar-refractivity contribution is 6.39. The molecule has 1 aliphatic heterocycles. The van der Waals surface area contributed by atoms with Crippen LogP contribution in [0.5, 0.6) is 5.88 Å². The van der Waals surface area contributed by atoms with Gasteiger partial charge in [-0.3, -0.25) is 15.0 Å². The average molecular weight is 397 g/mol. The first kappa shape index (κ1) is 20.1. The van der Waals surface area contributed by atoms with Gasteiger partial charge in [0.05, 0.1) is 12.8 Å². The van der Waals surface area contributed by atoms with Gasteiger partial charge < -0.3 is 15.4 Å². The van der Waals surface area contributed by atoms with E-state index in [0.717, 1.165) is 0 Å². The van der Waals surface area contributed by atoms with E-state index in [9.17, 15) is 9.59 Å². The Labute approximate surface area is 168 Å². The molecule has 1 aromatic heterocycles. The predicted octanol–water partition coefficient (Wildman–Crippen LogP) is 0.742. The van der Waals surface area contributed by atoms with Crippen LogP contribution >= 0.6 is 0 Å². The zero-order chi connectivity index (χ0) is 20.6. The Balaban J connectivity index is 1.48. The molecule has 0 fully saturated rings. The van der Waals surface area contributed by atoms with Crippen molar-refractivity contribution < 1.29 is 14.3 Å². The van der Waals surface area contributed by atoms with Crippen molar-refractivity contribution in [1.29, 1.82) is 0 Å². The number of ether oxygens (including phenoxy) is 1. The van der Waals surface area contributed by atoms with E-state index < -0.39 is 6.04 Å². The fraction of sp³-hybridized carbons (Fsp3) is 0.316. The molecule has 10 nitrogen and oxygen atoms in total. The molecule has 1 aromatic carbocycles. The Morgan fingerprint density at radius 1 is 1.24 bits per heavy atom. The highest BCUT2D eigenvalue weighted by atomic mass is 16.5. The van der Waals surface area contributed by atoms with Crippen LogP contribution in [0.1, 0.15) is 13.3 Å². The molecule has 3 N–H and O–H groups in total. The van der Waals surface area contributed by atoms with E-state index in [0.29, 0.717) is 36.9 Å². The summed E-state index contributed by atoms with van der Waals surface area (Å²) >= 11 is 0. The second kappa shape index (κ2) is 9.49. The number of hydrogen-bond donors (Lipinski definition) is 3. The predicted molar refractivity (Wildman–Crippen MR) is 109 cm³/mol. The molecule has 0 aliphatic carbocycles. The van der Waals surface area contributed by atoms with Gasteiger partial charge in [-0.25, -0.2) is 20.0 Å². The van der Waals surface area contributed by atoms with Gasteiger partial charge in [0.1, 0.15) is 18.2 Å². The van der Waals surface area contributed by atoms with Gasteiger partial charge in [0.2, 0.25) is 11.7 Å². The third kappa shape index (κ3) is 5.18. The number of anilines is 2. The number of benzene rings is 1. The smallest absolute Gasteiger partial charge is 0.288 e. The van der Waals surface area contributed by atoms with Crippen LogP contribution < -0.4 is 25.8 Å². The molecule has 2 heterocycles. The molecular weight excluding hydrogens is 374 g/mol. The van der Waals surface area contributed by atoms with Crippen LogP contribution in [0.25, 0.3) is 0 Å². The minimum absolute atomic E-state index is 0.106. The van der Waals surface area contributed by atoms with Crippen molar-refractivity contribution in [2.45, 2.75) is 19.4 Å². The maximum absolute atomic E-state index is 12.4. The first-order valence-electron chi connectivity index (χ1n) is 9.20. The molecule has 1 atom stereocenters. The van der Waals surface area contributed by atoms with Crippen molar-refractivity contribution in [2.24, 2.45) is 4.99 Å². The quantitative estimate of drug-likeness (QED) is 0.562. The normalized spacial score (nSPS) is 15.9. The van der Waals surface area contributed by atoms with Gasteiger partial charge in [-0.1, -0.05) is 18.2 Å². The lowest BCUT2D eigenvalue weighted by Gasteiger charge is -2.30. The van der Waals surface area contributed by atoms with Crippen LogP contribution in [-0.4, -0.2) is 53.9 Å². The fourth-order valence-electron chi connectivity index (χ4n) is 2.64. The maximum Gasteiger partial charge on any atom is 0.288 e. The van der Waals surface area contributed by atoms with Crippen LogP contribution in [0.3, 0.4) is 0 Å². The maximum atomic E-state index is 12.4. The number of rotatable bonds is 8. The van der Waals surface area contributed by atoms with E-state index in [1.54, 1.807) is 25.1 Å². The molecule has 10 heteroatoms. The Hall–Kier alpha value is -3.69. The number of nitrogens with zero attached hydrogens (tertiary/aromatic N) is 4. The van der Waals surface area contributed by atoms with E-state index in [-0.39, 0.29) is 17.6 Å². The van der Waals surface area contributed by atoms with Crippen molar-refractivity contribution in [2.75, 3.05) is 30.5 Å². The number of aliphatic imine (C=N–C) groups is 1. The summed E-state index contributed by atoms with van der Waals surface area (Å²) in [6.07, 6.45) is 2.08. The summed E-state index contributed by atoms with van der Waals surface area (Å²) in [5, 5.41) is 7.28. The van der Waals surface area contributed by atoms with Crippen molar-refractivity contribution in [3.05, 3.63) is 42.7 Å². The molecule has 2 amide bonds. The molecule has 3 rings (SSSR count). The number of carbonyl (C=O) groups is 2. The van der Waals surface area contributed by atoms with Gasteiger partial charge in [-0.2, -0.15) is 0 Å². The monoisotopic (exact) mass is 397 g/mol. The molecule has 0 spiro atoms. The summed E-state index contributed by atoms with van der Waals surface area (Å²) in [5.74, 6) is 0.636. The summed E-state index contributed by atoms with van der Waals surface area (Å²) in [5.41, 5.74) is 3.45. The number of methoxy groups -OCH3 is 1. The van der Waals surface area contributed by atoms with Crippen molar-refractivity contribution in [3.63, 3.8) is 0 Å². The first-order chi connectivity index (χ1) is 14.1. The third-order valence-electron chi connectivity index (χ3n) is 4.14. The van der Waals surface area contributed by atoms with E-state index in [2.05, 4.69) is 31.0 Å². The van der Waals surface area contributed by atoms with Crippen LogP contribution in [-0.2, 0) is 9.59 Å². The number of carbonyl (C=O) groups excluding carboxylic acids is 2. The molecule has 29 heavy (non-hydrogen) atoms. The lowest BCUT2D eigenvalue weighted by molar-refractivity contribution is -0.120. The number of para-hydroxylation sites is 1. The largest absolute Gasteiger partial charge is 0.481 e. The highest BCUT2D eigenvalue weighted by Crippen LogP contribution is 2.15. The minimum Gasteiger partial charge on any atom is -0.481 e. The SMILES string of the molecule is COc1cc(NCCCNC(=O)C2=NC(C)C(=O)N(c3ccccc3)N2)ncn1.